The number of hydrogen-bond donors (Lipinski definition) is 1. The van der Waals surface area contributed by atoms with Crippen LogP contribution in [0.4, 0.5) is 0 Å². The molecule has 1 aliphatic heterocycles. The zero-order valence-electron chi connectivity index (χ0n) is 11.7. The molecular formula is C14H17N3O3S. The Kier molecular flexibility index (Phi) is 3.44. The fraction of sp³-hybridized carbons (Fsp3) is 0.429. The van der Waals surface area contributed by atoms with Crippen LogP contribution in [0, 0.1) is 0 Å². The Bertz CT molecular complexity index is 782. The molecule has 3 rings (SSSR count). The zero-order valence-corrected chi connectivity index (χ0v) is 12.6. The third kappa shape index (κ3) is 2.92. The van der Waals surface area contributed by atoms with Gasteiger partial charge in [0.2, 0.25) is 5.91 Å². The molecule has 7 heteroatoms. The van der Waals surface area contributed by atoms with Crippen LogP contribution < -0.4 is 0 Å². The topological polar surface area (TPSA) is 83.1 Å². The molecule has 0 aliphatic carbocycles. The van der Waals surface area contributed by atoms with E-state index in [0.29, 0.717) is 6.42 Å². The SMILES string of the molecule is CN(C(=O)Cc1ccc2nc[nH]c2c1)C1CCS(=O)(=O)C1. The average Bonchev–Trinajstić information content (AvgIpc) is 3.03. The molecule has 2 heterocycles. The quantitative estimate of drug-likeness (QED) is 0.907. The van der Waals surface area contributed by atoms with Crippen molar-refractivity contribution >= 4 is 26.8 Å². The molecule has 1 aliphatic rings. The molecule has 112 valence electrons. The number of benzene rings is 1. The van der Waals surface area contributed by atoms with E-state index in [9.17, 15) is 13.2 Å². The Labute approximate surface area is 123 Å². The Hall–Kier alpha value is -1.89. The number of imidazole rings is 1. The number of likely N-dealkylation sites (N-methyl/N-ethyl adjacent to an activating group) is 1. The van der Waals surface area contributed by atoms with E-state index >= 15 is 0 Å². The van der Waals surface area contributed by atoms with Gasteiger partial charge in [0.25, 0.3) is 0 Å². The monoisotopic (exact) mass is 307 g/mol. The maximum Gasteiger partial charge on any atom is 0.227 e. The fourth-order valence-corrected chi connectivity index (χ4v) is 4.45. The van der Waals surface area contributed by atoms with E-state index in [1.165, 1.54) is 0 Å². The van der Waals surface area contributed by atoms with Crippen LogP contribution >= 0.6 is 0 Å². The summed E-state index contributed by atoms with van der Waals surface area (Å²) in [6, 6.07) is 5.45. The van der Waals surface area contributed by atoms with Gasteiger partial charge in [0, 0.05) is 13.1 Å². The highest BCUT2D eigenvalue weighted by Crippen LogP contribution is 2.18. The molecule has 2 aromatic rings. The second kappa shape index (κ2) is 5.14. The van der Waals surface area contributed by atoms with Gasteiger partial charge in [0.1, 0.15) is 0 Å². The van der Waals surface area contributed by atoms with E-state index in [2.05, 4.69) is 9.97 Å². The molecule has 1 aromatic heterocycles. The number of hydrogen-bond acceptors (Lipinski definition) is 4. The van der Waals surface area contributed by atoms with Gasteiger partial charge >= 0.3 is 0 Å². The molecule has 0 spiro atoms. The van der Waals surface area contributed by atoms with Crippen molar-refractivity contribution in [3.63, 3.8) is 0 Å². The molecule has 1 aromatic carbocycles. The molecule has 0 saturated carbocycles. The van der Waals surface area contributed by atoms with Gasteiger partial charge in [-0.15, -0.1) is 0 Å². The van der Waals surface area contributed by atoms with Crippen LogP contribution in [0.25, 0.3) is 11.0 Å². The molecular weight excluding hydrogens is 290 g/mol. The summed E-state index contributed by atoms with van der Waals surface area (Å²) < 4.78 is 23.0. The van der Waals surface area contributed by atoms with E-state index in [1.54, 1.807) is 18.3 Å². The number of nitrogens with zero attached hydrogens (tertiary/aromatic N) is 2. The number of amides is 1. The maximum atomic E-state index is 12.3. The normalized spacial score (nSPS) is 20.7. The Morgan fingerprint density at radius 3 is 3.00 bits per heavy atom. The van der Waals surface area contributed by atoms with Gasteiger partial charge in [0.05, 0.1) is 35.3 Å². The lowest BCUT2D eigenvalue weighted by Crippen LogP contribution is -2.38. The van der Waals surface area contributed by atoms with Crippen LogP contribution in [-0.2, 0) is 21.1 Å². The number of aromatic amines is 1. The van der Waals surface area contributed by atoms with Gasteiger partial charge in [0.15, 0.2) is 9.84 Å². The lowest BCUT2D eigenvalue weighted by Gasteiger charge is -2.23. The van der Waals surface area contributed by atoms with Gasteiger partial charge in [-0.25, -0.2) is 13.4 Å². The first-order valence-electron chi connectivity index (χ1n) is 6.83. The second-order valence-corrected chi connectivity index (χ2v) is 7.72. The van der Waals surface area contributed by atoms with Crippen molar-refractivity contribution < 1.29 is 13.2 Å². The predicted molar refractivity (Wildman–Crippen MR) is 79.6 cm³/mol. The number of carbonyl (C=O) groups is 1. The van der Waals surface area contributed by atoms with Crippen LogP contribution in [0.15, 0.2) is 24.5 Å². The van der Waals surface area contributed by atoms with Crippen molar-refractivity contribution in [1.29, 1.82) is 0 Å². The fourth-order valence-electron chi connectivity index (χ4n) is 2.68. The number of H-pyrrole nitrogens is 1. The lowest BCUT2D eigenvalue weighted by molar-refractivity contribution is -0.130. The summed E-state index contributed by atoms with van der Waals surface area (Å²) in [6.45, 7) is 0. The predicted octanol–water partition coefficient (Wildman–Crippen LogP) is 0.751. The van der Waals surface area contributed by atoms with E-state index in [0.717, 1.165) is 16.6 Å². The summed E-state index contributed by atoms with van der Waals surface area (Å²) in [5.41, 5.74) is 2.65. The van der Waals surface area contributed by atoms with E-state index in [4.69, 9.17) is 0 Å². The molecule has 1 atom stereocenters. The largest absolute Gasteiger partial charge is 0.345 e. The van der Waals surface area contributed by atoms with Gasteiger partial charge in [-0.05, 0) is 24.1 Å². The smallest absolute Gasteiger partial charge is 0.227 e. The number of aromatic nitrogens is 2. The lowest BCUT2D eigenvalue weighted by atomic mass is 10.1. The summed E-state index contributed by atoms with van der Waals surface area (Å²) in [6.07, 6.45) is 2.41. The van der Waals surface area contributed by atoms with E-state index in [1.807, 2.05) is 18.2 Å². The molecule has 6 nitrogen and oxygen atoms in total. The number of carbonyl (C=O) groups excluding carboxylic acids is 1. The van der Waals surface area contributed by atoms with Crippen molar-refractivity contribution in [2.45, 2.75) is 18.9 Å². The number of sulfone groups is 1. The maximum absolute atomic E-state index is 12.3. The molecule has 21 heavy (non-hydrogen) atoms. The standard InChI is InChI=1S/C14H17N3O3S/c1-17(11-4-5-21(19,20)8-11)14(18)7-10-2-3-12-13(6-10)16-9-15-12/h2-3,6,9,11H,4-5,7-8H2,1H3,(H,15,16). The number of rotatable bonds is 3. The van der Waals surface area contributed by atoms with Crippen molar-refractivity contribution in [1.82, 2.24) is 14.9 Å². The Morgan fingerprint density at radius 1 is 1.48 bits per heavy atom. The summed E-state index contributed by atoms with van der Waals surface area (Å²) in [5.74, 6) is 0.195. The zero-order chi connectivity index (χ0) is 15.0. The van der Waals surface area contributed by atoms with Gasteiger partial charge in [-0.1, -0.05) is 6.07 Å². The first-order valence-corrected chi connectivity index (χ1v) is 8.65. The first kappa shape index (κ1) is 14.1. The molecule has 1 saturated heterocycles. The molecule has 1 amide bonds. The highest BCUT2D eigenvalue weighted by Gasteiger charge is 2.32. The van der Waals surface area contributed by atoms with Crippen molar-refractivity contribution in [3.05, 3.63) is 30.1 Å². The summed E-state index contributed by atoms with van der Waals surface area (Å²) in [7, 11) is -1.29. The average molecular weight is 307 g/mol. The number of fused-ring (bicyclic) bond motifs is 1. The minimum atomic E-state index is -2.98. The van der Waals surface area contributed by atoms with Crippen molar-refractivity contribution in [2.75, 3.05) is 18.6 Å². The molecule has 1 unspecified atom stereocenters. The van der Waals surface area contributed by atoms with Gasteiger partial charge in [-0.3, -0.25) is 4.79 Å². The molecule has 1 N–H and O–H groups in total. The minimum Gasteiger partial charge on any atom is -0.345 e. The Morgan fingerprint density at radius 2 is 2.29 bits per heavy atom. The van der Waals surface area contributed by atoms with Crippen LogP contribution in [0.3, 0.4) is 0 Å². The minimum absolute atomic E-state index is 0.0593. The van der Waals surface area contributed by atoms with Crippen LogP contribution in [0.2, 0.25) is 0 Å². The van der Waals surface area contributed by atoms with Crippen LogP contribution in [-0.4, -0.2) is 53.8 Å². The highest BCUT2D eigenvalue weighted by atomic mass is 32.2. The molecule has 1 fully saturated rings. The summed E-state index contributed by atoms with van der Waals surface area (Å²) in [4.78, 5) is 21.0. The van der Waals surface area contributed by atoms with Crippen LogP contribution in [0.5, 0.6) is 0 Å². The van der Waals surface area contributed by atoms with Crippen molar-refractivity contribution in [3.8, 4) is 0 Å². The molecule has 0 bridgehead atoms. The third-order valence-corrected chi connectivity index (χ3v) is 5.74. The Balaban J connectivity index is 1.70. The van der Waals surface area contributed by atoms with E-state index in [-0.39, 0.29) is 29.9 Å². The first-order chi connectivity index (χ1) is 9.94. The summed E-state index contributed by atoms with van der Waals surface area (Å²) in [5, 5.41) is 0. The van der Waals surface area contributed by atoms with Crippen LogP contribution in [0.1, 0.15) is 12.0 Å². The van der Waals surface area contributed by atoms with Gasteiger partial charge < -0.3 is 9.88 Å². The second-order valence-electron chi connectivity index (χ2n) is 5.49. The van der Waals surface area contributed by atoms with E-state index < -0.39 is 9.84 Å². The molecule has 0 radical (unpaired) electrons. The summed E-state index contributed by atoms with van der Waals surface area (Å²) >= 11 is 0. The number of nitrogens with one attached hydrogen (secondary N) is 1. The van der Waals surface area contributed by atoms with Crippen molar-refractivity contribution in [2.24, 2.45) is 0 Å². The highest BCUT2D eigenvalue weighted by molar-refractivity contribution is 7.91. The third-order valence-electron chi connectivity index (χ3n) is 3.99. The van der Waals surface area contributed by atoms with Gasteiger partial charge in [-0.2, -0.15) is 0 Å².